The second-order valence-corrected chi connectivity index (χ2v) is 4.02. The van der Waals surface area contributed by atoms with Crippen LogP contribution in [0.25, 0.3) is 0 Å². The van der Waals surface area contributed by atoms with E-state index in [4.69, 9.17) is 4.74 Å². The van der Waals surface area contributed by atoms with Crippen LogP contribution in [0.5, 0.6) is 0 Å². The standard InChI is InChI=1S/C15H11NO2/c17-10-14-12-8-4-5-9-13(12)16-15(18-14)11-6-2-1-3-7-11/h1-10,14H. The maximum Gasteiger partial charge on any atom is 0.222 e. The first kappa shape index (κ1) is 10.7. The third-order valence-corrected chi connectivity index (χ3v) is 2.85. The van der Waals surface area contributed by atoms with E-state index in [0.29, 0.717) is 5.90 Å². The first-order chi connectivity index (χ1) is 8.88. The van der Waals surface area contributed by atoms with E-state index in [1.807, 2.05) is 54.6 Å². The first-order valence-corrected chi connectivity index (χ1v) is 5.73. The summed E-state index contributed by atoms with van der Waals surface area (Å²) in [7, 11) is 0. The fourth-order valence-electron chi connectivity index (χ4n) is 1.96. The molecule has 0 saturated carbocycles. The molecule has 1 unspecified atom stereocenters. The maximum atomic E-state index is 11.1. The van der Waals surface area contributed by atoms with Crippen molar-refractivity contribution in [1.29, 1.82) is 0 Å². The number of carbonyl (C=O) groups is 1. The molecule has 2 aromatic rings. The van der Waals surface area contributed by atoms with Crippen molar-refractivity contribution in [3.63, 3.8) is 0 Å². The molecular weight excluding hydrogens is 226 g/mol. The van der Waals surface area contributed by atoms with Crippen LogP contribution in [0.1, 0.15) is 17.2 Å². The number of para-hydroxylation sites is 1. The van der Waals surface area contributed by atoms with E-state index in [9.17, 15) is 4.79 Å². The summed E-state index contributed by atoms with van der Waals surface area (Å²) in [6.07, 6.45) is 0.227. The molecule has 3 rings (SSSR count). The Morgan fingerprint density at radius 3 is 2.50 bits per heavy atom. The minimum Gasteiger partial charge on any atom is -0.461 e. The Balaban J connectivity index is 2.10. The van der Waals surface area contributed by atoms with Gasteiger partial charge in [-0.05, 0) is 18.2 Å². The molecule has 1 heterocycles. The molecule has 0 amide bonds. The van der Waals surface area contributed by atoms with Gasteiger partial charge in [0.1, 0.15) is 0 Å². The van der Waals surface area contributed by atoms with Crippen LogP contribution in [0, 0.1) is 0 Å². The van der Waals surface area contributed by atoms with E-state index < -0.39 is 6.10 Å². The smallest absolute Gasteiger partial charge is 0.222 e. The van der Waals surface area contributed by atoms with Crippen LogP contribution in [-0.4, -0.2) is 12.2 Å². The van der Waals surface area contributed by atoms with Crippen molar-refractivity contribution in [1.82, 2.24) is 0 Å². The SMILES string of the molecule is O=CC1OC(c2ccccc2)=Nc2ccccc21. The van der Waals surface area contributed by atoms with Gasteiger partial charge in [-0.25, -0.2) is 4.99 Å². The summed E-state index contributed by atoms with van der Waals surface area (Å²) < 4.78 is 5.63. The average molecular weight is 237 g/mol. The molecule has 3 nitrogen and oxygen atoms in total. The quantitative estimate of drug-likeness (QED) is 0.753. The van der Waals surface area contributed by atoms with E-state index in [2.05, 4.69) is 4.99 Å². The zero-order chi connectivity index (χ0) is 12.4. The van der Waals surface area contributed by atoms with Crippen molar-refractivity contribution >= 4 is 17.9 Å². The molecule has 0 bridgehead atoms. The number of aldehydes is 1. The lowest BCUT2D eigenvalue weighted by atomic mass is 10.1. The monoisotopic (exact) mass is 237 g/mol. The third kappa shape index (κ3) is 1.80. The second kappa shape index (κ2) is 4.45. The molecule has 2 aromatic carbocycles. The molecule has 1 atom stereocenters. The lowest BCUT2D eigenvalue weighted by molar-refractivity contribution is -0.114. The summed E-state index contributed by atoms with van der Waals surface area (Å²) in [5, 5.41) is 0. The highest BCUT2D eigenvalue weighted by Gasteiger charge is 2.23. The van der Waals surface area contributed by atoms with Crippen LogP contribution in [0.4, 0.5) is 5.69 Å². The molecule has 1 aliphatic heterocycles. The molecule has 0 spiro atoms. The minimum atomic E-state index is -0.575. The van der Waals surface area contributed by atoms with Gasteiger partial charge in [-0.1, -0.05) is 36.4 Å². The van der Waals surface area contributed by atoms with Crippen LogP contribution in [0.15, 0.2) is 59.6 Å². The van der Waals surface area contributed by atoms with Gasteiger partial charge in [-0.3, -0.25) is 4.79 Å². The lowest BCUT2D eigenvalue weighted by Gasteiger charge is -2.22. The molecule has 3 heteroatoms. The van der Waals surface area contributed by atoms with Crippen molar-refractivity contribution in [3.8, 4) is 0 Å². The highest BCUT2D eigenvalue weighted by molar-refractivity contribution is 5.98. The van der Waals surface area contributed by atoms with Crippen molar-refractivity contribution in [2.45, 2.75) is 6.10 Å². The summed E-state index contributed by atoms with van der Waals surface area (Å²) >= 11 is 0. The number of fused-ring (bicyclic) bond motifs is 1. The molecule has 0 aliphatic carbocycles. The van der Waals surface area contributed by atoms with Gasteiger partial charge < -0.3 is 4.74 Å². The van der Waals surface area contributed by atoms with Crippen LogP contribution in [0.2, 0.25) is 0 Å². The zero-order valence-electron chi connectivity index (χ0n) is 9.61. The van der Waals surface area contributed by atoms with E-state index in [0.717, 1.165) is 23.1 Å². The molecule has 0 fully saturated rings. The van der Waals surface area contributed by atoms with Gasteiger partial charge in [-0.2, -0.15) is 0 Å². The topological polar surface area (TPSA) is 38.7 Å². The number of rotatable bonds is 2. The van der Waals surface area contributed by atoms with Crippen molar-refractivity contribution in [2.75, 3.05) is 0 Å². The molecule has 0 radical (unpaired) electrons. The lowest BCUT2D eigenvalue weighted by Crippen LogP contribution is -2.17. The van der Waals surface area contributed by atoms with Crippen LogP contribution < -0.4 is 0 Å². The fraction of sp³-hybridized carbons (Fsp3) is 0.0667. The van der Waals surface area contributed by atoms with Crippen LogP contribution in [0.3, 0.4) is 0 Å². The third-order valence-electron chi connectivity index (χ3n) is 2.85. The normalized spacial score (nSPS) is 17.3. The Hall–Kier alpha value is -2.42. The second-order valence-electron chi connectivity index (χ2n) is 4.02. The van der Waals surface area contributed by atoms with Gasteiger partial charge in [0.15, 0.2) is 12.4 Å². The summed E-state index contributed by atoms with van der Waals surface area (Å²) in [5.74, 6) is 0.492. The minimum absolute atomic E-state index is 0.492. The zero-order valence-corrected chi connectivity index (χ0v) is 9.61. The number of carbonyl (C=O) groups excluding carboxylic acids is 1. The van der Waals surface area contributed by atoms with E-state index in [-0.39, 0.29) is 0 Å². The fourth-order valence-corrected chi connectivity index (χ4v) is 1.96. The van der Waals surface area contributed by atoms with E-state index in [1.165, 1.54) is 0 Å². The molecule has 0 N–H and O–H groups in total. The average Bonchev–Trinajstić information content (AvgIpc) is 2.47. The number of aliphatic imine (C=N–C) groups is 1. The summed E-state index contributed by atoms with van der Waals surface area (Å²) in [5.41, 5.74) is 2.48. The maximum absolute atomic E-state index is 11.1. The molecule has 88 valence electrons. The van der Waals surface area contributed by atoms with Crippen molar-refractivity contribution < 1.29 is 9.53 Å². The largest absolute Gasteiger partial charge is 0.461 e. The highest BCUT2D eigenvalue weighted by atomic mass is 16.5. The molecule has 0 saturated heterocycles. The van der Waals surface area contributed by atoms with Gasteiger partial charge in [0.05, 0.1) is 5.69 Å². The predicted octanol–water partition coefficient (Wildman–Crippen LogP) is 3.04. The van der Waals surface area contributed by atoms with E-state index >= 15 is 0 Å². The van der Waals surface area contributed by atoms with Gasteiger partial charge in [-0.15, -0.1) is 0 Å². The van der Waals surface area contributed by atoms with Gasteiger partial charge in [0.25, 0.3) is 0 Å². The Bertz CT molecular complexity index is 605. The van der Waals surface area contributed by atoms with Crippen molar-refractivity contribution in [2.24, 2.45) is 4.99 Å². The Kier molecular flexibility index (Phi) is 2.65. The van der Waals surface area contributed by atoms with Gasteiger partial charge >= 0.3 is 0 Å². The van der Waals surface area contributed by atoms with Crippen molar-refractivity contribution in [3.05, 3.63) is 65.7 Å². The summed E-state index contributed by atoms with van der Waals surface area (Å²) in [6, 6.07) is 17.1. The summed E-state index contributed by atoms with van der Waals surface area (Å²) in [4.78, 5) is 15.6. The number of hydrogen-bond acceptors (Lipinski definition) is 3. The highest BCUT2D eigenvalue weighted by Crippen LogP contribution is 2.32. The van der Waals surface area contributed by atoms with Crippen LogP contribution >= 0.6 is 0 Å². The first-order valence-electron chi connectivity index (χ1n) is 5.73. The number of ether oxygens (including phenoxy) is 1. The van der Waals surface area contributed by atoms with Gasteiger partial charge in [0.2, 0.25) is 5.90 Å². The number of hydrogen-bond donors (Lipinski definition) is 0. The van der Waals surface area contributed by atoms with E-state index in [1.54, 1.807) is 0 Å². The molecule has 1 aliphatic rings. The van der Waals surface area contributed by atoms with Gasteiger partial charge in [0, 0.05) is 11.1 Å². The number of nitrogens with zero attached hydrogens (tertiary/aromatic N) is 1. The Morgan fingerprint density at radius 1 is 1.00 bits per heavy atom. The molecule has 0 aromatic heterocycles. The Labute approximate surface area is 105 Å². The molecule has 18 heavy (non-hydrogen) atoms. The summed E-state index contributed by atoms with van der Waals surface area (Å²) in [6.45, 7) is 0. The number of benzene rings is 2. The Morgan fingerprint density at radius 2 is 1.72 bits per heavy atom. The van der Waals surface area contributed by atoms with Crippen LogP contribution in [-0.2, 0) is 9.53 Å². The predicted molar refractivity (Wildman–Crippen MR) is 69.0 cm³/mol. The molecular formula is C15H11NO2.